The van der Waals surface area contributed by atoms with Gasteiger partial charge in [0.2, 0.25) is 0 Å². The minimum Gasteiger partial charge on any atom is -0.244 e. The summed E-state index contributed by atoms with van der Waals surface area (Å²) in [4.78, 5) is 5.75. The Kier molecular flexibility index (Phi) is 3.46. The third-order valence-corrected chi connectivity index (χ3v) is 4.76. The van der Waals surface area contributed by atoms with E-state index in [4.69, 9.17) is 0 Å². The molecule has 1 nitrogen and oxygen atoms in total. The monoisotopic (exact) mass is 257 g/mol. The van der Waals surface area contributed by atoms with Crippen LogP contribution in [0.4, 0.5) is 0 Å². The van der Waals surface area contributed by atoms with Gasteiger partial charge in [-0.05, 0) is 31.2 Å². The maximum atomic E-state index is 4.45. The lowest BCUT2D eigenvalue weighted by molar-refractivity contribution is 0.443. The van der Waals surface area contributed by atoms with E-state index >= 15 is 0 Å². The predicted molar refractivity (Wildman–Crippen MR) is 78.1 cm³/mol. The van der Waals surface area contributed by atoms with Crippen molar-refractivity contribution in [2.45, 2.75) is 44.9 Å². The Morgan fingerprint density at radius 1 is 1.06 bits per heavy atom. The Morgan fingerprint density at radius 3 is 2.39 bits per heavy atom. The number of aromatic nitrogens is 1. The molecule has 0 aliphatic heterocycles. The number of benzene rings is 1. The smallest absolute Gasteiger partial charge is 0.0840 e. The Balaban J connectivity index is 1.82. The van der Waals surface area contributed by atoms with Gasteiger partial charge in [0.1, 0.15) is 0 Å². The summed E-state index contributed by atoms with van der Waals surface area (Å²) in [7, 11) is 0. The zero-order valence-electron chi connectivity index (χ0n) is 10.9. The van der Waals surface area contributed by atoms with Crippen LogP contribution in [0.15, 0.2) is 29.8 Å². The molecule has 94 valence electrons. The van der Waals surface area contributed by atoms with Gasteiger partial charge in [-0.2, -0.15) is 0 Å². The highest BCUT2D eigenvalue weighted by atomic mass is 32.1. The van der Waals surface area contributed by atoms with Crippen molar-refractivity contribution in [3.63, 3.8) is 0 Å². The molecular formula is C16H19NS. The quantitative estimate of drug-likeness (QED) is 0.723. The molecule has 0 radical (unpaired) electrons. The Bertz CT molecular complexity index is 506. The third kappa shape index (κ3) is 2.35. The van der Waals surface area contributed by atoms with E-state index in [-0.39, 0.29) is 0 Å². The van der Waals surface area contributed by atoms with Crippen molar-refractivity contribution in [1.29, 1.82) is 0 Å². The summed E-state index contributed by atoms with van der Waals surface area (Å²) in [6.07, 6.45) is 6.96. The topological polar surface area (TPSA) is 12.9 Å². The molecule has 1 heterocycles. The molecule has 1 aromatic carbocycles. The van der Waals surface area contributed by atoms with Gasteiger partial charge < -0.3 is 0 Å². The summed E-state index contributed by atoms with van der Waals surface area (Å²) in [5.74, 6) is 0.796. The molecule has 1 saturated carbocycles. The first-order chi connectivity index (χ1) is 8.84. The maximum Gasteiger partial charge on any atom is 0.0840 e. The van der Waals surface area contributed by atoms with E-state index in [2.05, 4.69) is 36.2 Å². The molecule has 0 amide bonds. The van der Waals surface area contributed by atoms with E-state index in [0.717, 1.165) is 11.6 Å². The summed E-state index contributed by atoms with van der Waals surface area (Å²) in [6.45, 7) is 2.14. The van der Waals surface area contributed by atoms with Gasteiger partial charge in [-0.3, -0.25) is 0 Å². The summed E-state index contributed by atoms with van der Waals surface area (Å²) < 4.78 is 0. The lowest BCUT2D eigenvalue weighted by Gasteiger charge is -2.22. The summed E-state index contributed by atoms with van der Waals surface area (Å²) in [5.41, 5.74) is 5.86. The maximum absolute atomic E-state index is 4.45. The van der Waals surface area contributed by atoms with Crippen LogP contribution < -0.4 is 0 Å². The fourth-order valence-corrected chi connectivity index (χ4v) is 3.53. The average Bonchev–Trinajstić information content (AvgIpc) is 2.86. The molecule has 2 aromatic rings. The number of hydrogen-bond donors (Lipinski definition) is 0. The van der Waals surface area contributed by atoms with E-state index in [1.807, 2.05) is 5.51 Å². The van der Waals surface area contributed by atoms with Crippen molar-refractivity contribution < 1.29 is 0 Å². The van der Waals surface area contributed by atoms with Gasteiger partial charge in [0.25, 0.3) is 0 Å². The lowest BCUT2D eigenvalue weighted by Crippen LogP contribution is -2.04. The van der Waals surface area contributed by atoms with Crippen LogP contribution in [0, 0.1) is 6.92 Å². The van der Waals surface area contributed by atoms with Crippen molar-refractivity contribution in [2.75, 3.05) is 0 Å². The van der Waals surface area contributed by atoms with Gasteiger partial charge in [0, 0.05) is 10.4 Å². The summed E-state index contributed by atoms with van der Waals surface area (Å²) in [5, 5.41) is 0. The van der Waals surface area contributed by atoms with Gasteiger partial charge in [-0.25, -0.2) is 4.98 Å². The number of aryl methyl sites for hydroxylation is 1. The molecule has 0 unspecified atom stereocenters. The Morgan fingerprint density at radius 2 is 1.78 bits per heavy atom. The Hall–Kier alpha value is -1.15. The highest BCUT2D eigenvalue weighted by molar-refractivity contribution is 7.10. The molecule has 2 heteroatoms. The molecule has 0 bridgehead atoms. The largest absolute Gasteiger partial charge is 0.244 e. The number of hydrogen-bond acceptors (Lipinski definition) is 2. The average molecular weight is 257 g/mol. The fourth-order valence-electron chi connectivity index (χ4n) is 2.93. The molecule has 0 saturated heterocycles. The molecule has 1 aliphatic rings. The fraction of sp³-hybridized carbons (Fsp3) is 0.438. The van der Waals surface area contributed by atoms with Gasteiger partial charge in [0.15, 0.2) is 0 Å². The molecule has 18 heavy (non-hydrogen) atoms. The molecular weight excluding hydrogens is 238 g/mol. The molecule has 1 aliphatic carbocycles. The number of rotatable bonds is 2. The highest BCUT2D eigenvalue weighted by Gasteiger charge is 2.15. The first-order valence-electron chi connectivity index (χ1n) is 6.85. The second-order valence-corrected chi connectivity index (χ2v) is 6.27. The van der Waals surface area contributed by atoms with Crippen LogP contribution in [0.25, 0.3) is 11.3 Å². The van der Waals surface area contributed by atoms with E-state index in [0.29, 0.717) is 0 Å². The zero-order chi connectivity index (χ0) is 12.4. The number of nitrogens with zero attached hydrogens (tertiary/aromatic N) is 1. The van der Waals surface area contributed by atoms with Crippen molar-refractivity contribution in [1.82, 2.24) is 4.98 Å². The van der Waals surface area contributed by atoms with Crippen LogP contribution in [0.3, 0.4) is 0 Å². The van der Waals surface area contributed by atoms with Crippen LogP contribution >= 0.6 is 11.3 Å². The summed E-state index contributed by atoms with van der Waals surface area (Å²) in [6, 6.07) is 9.10. The minimum atomic E-state index is 0.796. The second kappa shape index (κ2) is 5.23. The second-order valence-electron chi connectivity index (χ2n) is 5.21. The number of thiazole rings is 1. The molecule has 0 spiro atoms. The highest BCUT2D eigenvalue weighted by Crippen LogP contribution is 2.34. The molecule has 1 fully saturated rings. The third-order valence-electron chi connectivity index (χ3n) is 4.01. The van der Waals surface area contributed by atoms with Crippen LogP contribution in [0.5, 0.6) is 0 Å². The van der Waals surface area contributed by atoms with Crippen LogP contribution in [0.2, 0.25) is 0 Å². The van der Waals surface area contributed by atoms with E-state index in [9.17, 15) is 0 Å². The summed E-state index contributed by atoms with van der Waals surface area (Å²) >= 11 is 1.72. The van der Waals surface area contributed by atoms with E-state index in [1.54, 1.807) is 11.3 Å². The van der Waals surface area contributed by atoms with Crippen molar-refractivity contribution >= 4 is 11.3 Å². The van der Waals surface area contributed by atoms with E-state index in [1.165, 1.54) is 48.1 Å². The van der Waals surface area contributed by atoms with Crippen LogP contribution in [-0.2, 0) is 0 Å². The normalized spacial score (nSPS) is 16.9. The SMILES string of the molecule is Cc1scnc1-c1ccc(C2CCCCC2)cc1. The first-order valence-corrected chi connectivity index (χ1v) is 7.73. The Labute approximate surface area is 113 Å². The zero-order valence-corrected chi connectivity index (χ0v) is 11.7. The van der Waals surface area contributed by atoms with Crippen molar-refractivity contribution in [3.8, 4) is 11.3 Å². The molecule has 3 rings (SSSR count). The molecule has 0 N–H and O–H groups in total. The van der Waals surface area contributed by atoms with Gasteiger partial charge in [-0.1, -0.05) is 43.5 Å². The predicted octanol–water partition coefficient (Wildman–Crippen LogP) is 5.17. The first kappa shape index (κ1) is 11.9. The molecule has 1 aromatic heterocycles. The van der Waals surface area contributed by atoms with Crippen LogP contribution in [-0.4, -0.2) is 4.98 Å². The van der Waals surface area contributed by atoms with Gasteiger partial charge in [-0.15, -0.1) is 11.3 Å². The van der Waals surface area contributed by atoms with Crippen molar-refractivity contribution in [2.24, 2.45) is 0 Å². The van der Waals surface area contributed by atoms with Gasteiger partial charge in [0.05, 0.1) is 11.2 Å². The molecule has 0 atom stereocenters. The minimum absolute atomic E-state index is 0.796. The lowest BCUT2D eigenvalue weighted by atomic mass is 9.84. The van der Waals surface area contributed by atoms with Gasteiger partial charge >= 0.3 is 0 Å². The van der Waals surface area contributed by atoms with E-state index < -0.39 is 0 Å². The van der Waals surface area contributed by atoms with Crippen molar-refractivity contribution in [3.05, 3.63) is 40.2 Å². The van der Waals surface area contributed by atoms with Crippen LogP contribution in [0.1, 0.15) is 48.5 Å². The standard InChI is InChI=1S/C16H19NS/c1-12-16(17-11-18-12)15-9-7-14(8-10-15)13-5-3-2-4-6-13/h7-11,13H,2-6H2,1H3.